The number of hydrogen-bond donors (Lipinski definition) is 3. The van der Waals surface area contributed by atoms with E-state index in [1.807, 2.05) is 18.3 Å². The van der Waals surface area contributed by atoms with Crippen molar-refractivity contribution in [1.29, 1.82) is 0 Å². The summed E-state index contributed by atoms with van der Waals surface area (Å²) < 4.78 is 41.5. The Balaban J connectivity index is 1.32. The van der Waals surface area contributed by atoms with Crippen molar-refractivity contribution in [1.82, 2.24) is 20.4 Å². The number of piperidine rings is 1. The Morgan fingerprint density at radius 2 is 1.81 bits per heavy atom. The van der Waals surface area contributed by atoms with Gasteiger partial charge in [-0.05, 0) is 92.1 Å². The van der Waals surface area contributed by atoms with Crippen molar-refractivity contribution in [2.45, 2.75) is 51.2 Å². The molecule has 1 aliphatic heterocycles. The second kappa shape index (κ2) is 15.9. The Hall–Kier alpha value is -4.75. The summed E-state index contributed by atoms with van der Waals surface area (Å²) >= 11 is 5.71. The third kappa shape index (κ3) is 9.20. The zero-order valence-corrected chi connectivity index (χ0v) is 26.8. The Kier molecular flexibility index (Phi) is 11.5. The van der Waals surface area contributed by atoms with Crippen LogP contribution in [0.5, 0.6) is 0 Å². The van der Waals surface area contributed by atoms with E-state index in [2.05, 4.69) is 31.1 Å². The number of alkyl halides is 3. The highest BCUT2D eigenvalue weighted by molar-refractivity contribution is 6.31. The zero-order chi connectivity index (χ0) is 34.1. The molecule has 1 aliphatic rings. The van der Waals surface area contributed by atoms with Crippen molar-refractivity contribution in [2.75, 3.05) is 29.9 Å². The number of amides is 2. The van der Waals surface area contributed by atoms with E-state index in [1.54, 1.807) is 35.0 Å². The van der Waals surface area contributed by atoms with Gasteiger partial charge in [-0.25, -0.2) is 10.1 Å². The molecule has 0 atom stereocenters. The number of aliphatic hydroxyl groups excluding tert-OH is 1. The largest absolute Gasteiger partial charge is 0.417 e. The van der Waals surface area contributed by atoms with Gasteiger partial charge in [-0.15, -0.1) is 5.10 Å². The quantitative estimate of drug-likeness (QED) is 0.0914. The van der Waals surface area contributed by atoms with Gasteiger partial charge in [-0.3, -0.25) is 9.59 Å². The number of carbonyl (C=O) groups excluding carboxylic acids is 2. The lowest BCUT2D eigenvalue weighted by Crippen LogP contribution is -2.30. The minimum atomic E-state index is -4.65. The number of aliphatic hydroxyl groups is 1. The molecule has 4 aromatic rings. The standard InChI is InChI=1S/C34H35ClF3N7O3/c35-30-12-10-23(18-29(30)34(36,37)38)20-39-42-33(48)28-19-27(44-14-3-1-4-15-44)11-13-31(28)40-32(47)25-8-6-7-24(17-25)21-45-22-26(41-43-45)9-2-5-16-46/h6-8,10-13,17-20,22,46H,1-5,9,14-16,21H2,(H,40,47)(H,42,48)/b39-20-. The van der Waals surface area contributed by atoms with E-state index >= 15 is 0 Å². The Morgan fingerprint density at radius 1 is 1.00 bits per heavy atom. The van der Waals surface area contributed by atoms with Crippen LogP contribution in [-0.2, 0) is 19.1 Å². The van der Waals surface area contributed by atoms with Gasteiger partial charge in [0.1, 0.15) is 0 Å². The topological polar surface area (TPSA) is 125 Å². The number of nitrogens with one attached hydrogen (secondary N) is 2. The van der Waals surface area contributed by atoms with Gasteiger partial charge in [0.2, 0.25) is 0 Å². The summed E-state index contributed by atoms with van der Waals surface area (Å²) in [5, 5.41) is 23.6. The van der Waals surface area contributed by atoms with E-state index in [-0.39, 0.29) is 23.4 Å². The molecule has 3 N–H and O–H groups in total. The molecule has 1 fully saturated rings. The summed E-state index contributed by atoms with van der Waals surface area (Å²) in [7, 11) is 0. The van der Waals surface area contributed by atoms with Gasteiger partial charge in [0.15, 0.2) is 0 Å². The van der Waals surface area contributed by atoms with Crippen LogP contribution in [-0.4, -0.2) is 57.8 Å². The summed E-state index contributed by atoms with van der Waals surface area (Å²) in [6.45, 7) is 2.17. The number of aryl methyl sites for hydroxylation is 1. The lowest BCUT2D eigenvalue weighted by Gasteiger charge is -2.29. The Labute approximate surface area is 280 Å². The second-order valence-electron chi connectivity index (χ2n) is 11.5. The van der Waals surface area contributed by atoms with Crippen molar-refractivity contribution in [3.8, 4) is 0 Å². The maximum atomic E-state index is 13.4. The third-order valence-corrected chi connectivity index (χ3v) is 8.18. The minimum absolute atomic E-state index is 0.0892. The number of aromatic nitrogens is 3. The van der Waals surface area contributed by atoms with E-state index in [0.29, 0.717) is 24.9 Å². The number of rotatable bonds is 12. The molecule has 0 aliphatic carbocycles. The smallest absolute Gasteiger partial charge is 0.396 e. The first kappa shape index (κ1) is 34.6. The first-order valence-electron chi connectivity index (χ1n) is 15.6. The molecule has 48 heavy (non-hydrogen) atoms. The predicted molar refractivity (Wildman–Crippen MR) is 178 cm³/mol. The first-order chi connectivity index (χ1) is 23.1. The fourth-order valence-corrected chi connectivity index (χ4v) is 5.61. The lowest BCUT2D eigenvalue weighted by molar-refractivity contribution is -0.137. The highest BCUT2D eigenvalue weighted by Gasteiger charge is 2.33. The number of halogens is 4. The molecular formula is C34H35ClF3N7O3. The van der Waals surface area contributed by atoms with E-state index in [9.17, 15) is 22.8 Å². The Bertz CT molecular complexity index is 1770. The van der Waals surface area contributed by atoms with Gasteiger partial charge < -0.3 is 15.3 Å². The van der Waals surface area contributed by atoms with Crippen LogP contribution in [0, 0.1) is 0 Å². The summed E-state index contributed by atoms with van der Waals surface area (Å²) in [5.41, 5.74) is 4.65. The normalized spacial score (nSPS) is 13.6. The van der Waals surface area contributed by atoms with Crippen molar-refractivity contribution in [3.63, 3.8) is 0 Å². The molecule has 14 heteroatoms. The van der Waals surface area contributed by atoms with Gasteiger partial charge in [0.05, 0.1) is 40.3 Å². The SMILES string of the molecule is O=C(Nc1ccc(N2CCCCC2)cc1C(=O)N/N=C\c1ccc(Cl)c(C(F)(F)F)c1)c1cccc(Cn2cc(CCCCO)nn2)c1. The van der Waals surface area contributed by atoms with Crippen LogP contribution < -0.4 is 15.6 Å². The minimum Gasteiger partial charge on any atom is -0.396 e. The van der Waals surface area contributed by atoms with Crippen molar-refractivity contribution >= 4 is 41.0 Å². The number of nitrogens with zero attached hydrogens (tertiary/aromatic N) is 5. The van der Waals surface area contributed by atoms with E-state index < -0.39 is 28.6 Å². The molecule has 3 aromatic carbocycles. The fraction of sp³-hybridized carbons (Fsp3) is 0.324. The summed E-state index contributed by atoms with van der Waals surface area (Å²) in [6.07, 6.45) is 3.64. The van der Waals surface area contributed by atoms with E-state index in [0.717, 1.165) is 74.1 Å². The maximum absolute atomic E-state index is 13.4. The van der Waals surface area contributed by atoms with Crippen LogP contribution in [0.15, 0.2) is 72.0 Å². The number of hydrazone groups is 1. The van der Waals surface area contributed by atoms with Gasteiger partial charge >= 0.3 is 6.18 Å². The van der Waals surface area contributed by atoms with Crippen molar-refractivity contribution < 1.29 is 27.9 Å². The highest BCUT2D eigenvalue weighted by Crippen LogP contribution is 2.35. The highest BCUT2D eigenvalue weighted by atomic mass is 35.5. The molecule has 1 saturated heterocycles. The average Bonchev–Trinajstić information content (AvgIpc) is 3.52. The number of unbranched alkanes of at least 4 members (excludes halogenated alkanes) is 1. The second-order valence-corrected chi connectivity index (χ2v) is 11.9. The predicted octanol–water partition coefficient (Wildman–Crippen LogP) is 6.32. The maximum Gasteiger partial charge on any atom is 0.417 e. The van der Waals surface area contributed by atoms with Crippen LogP contribution in [0.3, 0.4) is 0 Å². The molecule has 5 rings (SSSR count). The molecular weight excluding hydrogens is 647 g/mol. The molecule has 1 aromatic heterocycles. The molecule has 0 saturated carbocycles. The van der Waals surface area contributed by atoms with Gasteiger partial charge in [-0.1, -0.05) is 35.0 Å². The van der Waals surface area contributed by atoms with Gasteiger partial charge in [0.25, 0.3) is 11.8 Å². The van der Waals surface area contributed by atoms with Crippen LogP contribution >= 0.6 is 11.6 Å². The molecule has 0 unspecified atom stereocenters. The third-order valence-electron chi connectivity index (χ3n) is 7.85. The number of hydrogen-bond acceptors (Lipinski definition) is 7. The summed E-state index contributed by atoms with van der Waals surface area (Å²) in [5.74, 6) is -1.09. The van der Waals surface area contributed by atoms with Gasteiger partial charge in [0, 0.05) is 37.1 Å². The van der Waals surface area contributed by atoms with Crippen LogP contribution in [0.25, 0.3) is 0 Å². The summed E-state index contributed by atoms with van der Waals surface area (Å²) in [4.78, 5) is 29.0. The molecule has 252 valence electrons. The van der Waals surface area contributed by atoms with E-state index in [1.165, 1.54) is 6.07 Å². The number of carbonyl (C=O) groups is 2. The molecule has 0 spiro atoms. The zero-order valence-electron chi connectivity index (χ0n) is 26.0. The monoisotopic (exact) mass is 681 g/mol. The molecule has 0 radical (unpaired) electrons. The van der Waals surface area contributed by atoms with Crippen molar-refractivity contribution in [3.05, 3.63) is 105 Å². The summed E-state index contributed by atoms with van der Waals surface area (Å²) in [6, 6.07) is 15.5. The molecule has 2 heterocycles. The van der Waals surface area contributed by atoms with E-state index in [4.69, 9.17) is 16.7 Å². The van der Waals surface area contributed by atoms with Crippen LogP contribution in [0.4, 0.5) is 24.5 Å². The average molecular weight is 682 g/mol. The first-order valence-corrected chi connectivity index (χ1v) is 16.0. The molecule has 0 bridgehead atoms. The number of benzene rings is 3. The fourth-order valence-electron chi connectivity index (χ4n) is 5.38. The lowest BCUT2D eigenvalue weighted by atomic mass is 10.1. The van der Waals surface area contributed by atoms with Crippen LogP contribution in [0.1, 0.15) is 75.2 Å². The van der Waals surface area contributed by atoms with Crippen LogP contribution in [0.2, 0.25) is 5.02 Å². The number of anilines is 2. The van der Waals surface area contributed by atoms with Crippen molar-refractivity contribution in [2.24, 2.45) is 5.10 Å². The van der Waals surface area contributed by atoms with Gasteiger partial charge in [-0.2, -0.15) is 18.3 Å². The molecule has 2 amide bonds. The molecule has 10 nitrogen and oxygen atoms in total. The Morgan fingerprint density at radius 3 is 2.58 bits per heavy atom.